The van der Waals surface area contributed by atoms with E-state index in [9.17, 15) is 4.79 Å². The Labute approximate surface area is 125 Å². The zero-order valence-electron chi connectivity index (χ0n) is 12.4. The summed E-state index contributed by atoms with van der Waals surface area (Å²) >= 11 is 6.15. The van der Waals surface area contributed by atoms with E-state index in [1.165, 1.54) is 6.42 Å². The van der Waals surface area contributed by atoms with Crippen molar-refractivity contribution in [2.24, 2.45) is 13.0 Å². The molecular formula is C15H22ClN3O. The van der Waals surface area contributed by atoms with Gasteiger partial charge in [0, 0.05) is 31.8 Å². The van der Waals surface area contributed by atoms with E-state index < -0.39 is 0 Å². The number of hydrogen-bond donors (Lipinski definition) is 0. The summed E-state index contributed by atoms with van der Waals surface area (Å²) in [5.41, 5.74) is 1.66. The Kier molecular flexibility index (Phi) is 4.86. The van der Waals surface area contributed by atoms with Gasteiger partial charge in [0.25, 0.3) is 0 Å². The van der Waals surface area contributed by atoms with Crippen molar-refractivity contribution in [3.8, 4) is 0 Å². The van der Waals surface area contributed by atoms with Crippen molar-refractivity contribution in [3.05, 3.63) is 22.5 Å². The number of carbonyl (C=O) groups excluding carboxylic acids is 1. The lowest BCUT2D eigenvalue weighted by atomic mass is 10.0. The Bertz CT molecular complexity index is 521. The zero-order valence-corrected chi connectivity index (χ0v) is 13.2. The molecular weight excluding hydrogens is 274 g/mol. The first-order chi connectivity index (χ1) is 9.49. The molecule has 1 fully saturated rings. The molecule has 1 aliphatic heterocycles. The second-order valence-corrected chi connectivity index (χ2v) is 5.97. The summed E-state index contributed by atoms with van der Waals surface area (Å²) in [6.07, 6.45) is 6.79. The average molecular weight is 296 g/mol. The fourth-order valence-corrected chi connectivity index (χ4v) is 2.82. The molecule has 1 aromatic heterocycles. The molecule has 4 nitrogen and oxygen atoms in total. The number of halogens is 1. The van der Waals surface area contributed by atoms with Crippen LogP contribution in [0.25, 0.3) is 6.08 Å². The molecule has 2 heterocycles. The highest BCUT2D eigenvalue weighted by molar-refractivity contribution is 6.31. The number of amides is 1. The fourth-order valence-electron chi connectivity index (χ4n) is 2.58. The van der Waals surface area contributed by atoms with Gasteiger partial charge in [-0.15, -0.1) is 0 Å². The molecule has 0 spiro atoms. The molecule has 0 radical (unpaired) electrons. The predicted octanol–water partition coefficient (Wildman–Crippen LogP) is 3.04. The van der Waals surface area contributed by atoms with E-state index in [1.54, 1.807) is 23.9 Å². The number of rotatable bonds is 2. The highest BCUT2D eigenvalue weighted by Gasteiger charge is 2.17. The second-order valence-electron chi connectivity index (χ2n) is 5.61. The first-order valence-electron chi connectivity index (χ1n) is 7.15. The zero-order chi connectivity index (χ0) is 14.7. The van der Waals surface area contributed by atoms with E-state index in [0.29, 0.717) is 11.1 Å². The topological polar surface area (TPSA) is 38.1 Å². The van der Waals surface area contributed by atoms with Gasteiger partial charge in [-0.2, -0.15) is 5.10 Å². The van der Waals surface area contributed by atoms with Gasteiger partial charge in [-0.3, -0.25) is 9.48 Å². The minimum absolute atomic E-state index is 0.0680. The van der Waals surface area contributed by atoms with Crippen molar-refractivity contribution < 1.29 is 4.79 Å². The molecule has 1 aliphatic rings. The average Bonchev–Trinajstić information content (AvgIpc) is 2.59. The Morgan fingerprint density at radius 2 is 2.15 bits per heavy atom. The molecule has 1 atom stereocenters. The van der Waals surface area contributed by atoms with Crippen LogP contribution in [0.3, 0.4) is 0 Å². The van der Waals surface area contributed by atoms with Crippen LogP contribution in [0.2, 0.25) is 5.15 Å². The molecule has 0 N–H and O–H groups in total. The minimum atomic E-state index is 0.0680. The maximum atomic E-state index is 12.2. The molecule has 110 valence electrons. The van der Waals surface area contributed by atoms with Gasteiger partial charge in [0.15, 0.2) is 0 Å². The molecule has 1 amide bonds. The van der Waals surface area contributed by atoms with E-state index in [1.807, 2.05) is 11.8 Å². The van der Waals surface area contributed by atoms with E-state index in [-0.39, 0.29) is 5.91 Å². The third-order valence-electron chi connectivity index (χ3n) is 3.92. The lowest BCUT2D eigenvalue weighted by Crippen LogP contribution is -2.30. The largest absolute Gasteiger partial charge is 0.339 e. The number of aromatic nitrogens is 2. The molecule has 0 bridgehead atoms. The number of carbonyl (C=O) groups is 1. The van der Waals surface area contributed by atoms with E-state index in [4.69, 9.17) is 11.6 Å². The summed E-state index contributed by atoms with van der Waals surface area (Å²) < 4.78 is 1.62. The van der Waals surface area contributed by atoms with Crippen LogP contribution in [0, 0.1) is 12.8 Å². The number of hydrogen-bond acceptors (Lipinski definition) is 2. The first-order valence-corrected chi connectivity index (χ1v) is 7.53. The maximum absolute atomic E-state index is 12.2. The van der Waals surface area contributed by atoms with Crippen LogP contribution in [-0.4, -0.2) is 33.7 Å². The normalized spacial score (nSPS) is 20.4. The van der Waals surface area contributed by atoms with Crippen LogP contribution in [0.15, 0.2) is 6.08 Å². The van der Waals surface area contributed by atoms with Crippen molar-refractivity contribution in [2.45, 2.75) is 33.1 Å². The quantitative estimate of drug-likeness (QED) is 0.787. The molecule has 0 saturated carbocycles. The van der Waals surface area contributed by atoms with Gasteiger partial charge in [-0.05, 0) is 38.2 Å². The fraction of sp³-hybridized carbons (Fsp3) is 0.600. The SMILES string of the molecule is Cc1nn(C)c(Cl)c1/C=C/C(=O)N1CCCC(C)CC1. The summed E-state index contributed by atoms with van der Waals surface area (Å²) in [6, 6.07) is 0. The van der Waals surface area contributed by atoms with E-state index in [0.717, 1.165) is 37.2 Å². The molecule has 0 aromatic carbocycles. The summed E-state index contributed by atoms with van der Waals surface area (Å²) in [4.78, 5) is 14.2. The summed E-state index contributed by atoms with van der Waals surface area (Å²) in [5, 5.41) is 4.80. The molecule has 0 aliphatic carbocycles. The highest BCUT2D eigenvalue weighted by atomic mass is 35.5. The van der Waals surface area contributed by atoms with Crippen molar-refractivity contribution in [3.63, 3.8) is 0 Å². The highest BCUT2D eigenvalue weighted by Crippen LogP contribution is 2.21. The van der Waals surface area contributed by atoms with E-state index >= 15 is 0 Å². The number of likely N-dealkylation sites (tertiary alicyclic amines) is 1. The third-order valence-corrected chi connectivity index (χ3v) is 4.37. The Balaban J connectivity index is 2.05. The lowest BCUT2D eigenvalue weighted by Gasteiger charge is -2.18. The Morgan fingerprint density at radius 3 is 2.80 bits per heavy atom. The first kappa shape index (κ1) is 15.1. The van der Waals surface area contributed by atoms with Gasteiger partial charge in [0.1, 0.15) is 5.15 Å². The minimum Gasteiger partial charge on any atom is -0.339 e. The molecule has 5 heteroatoms. The Hall–Kier alpha value is -1.29. The monoisotopic (exact) mass is 295 g/mol. The Morgan fingerprint density at radius 1 is 1.40 bits per heavy atom. The lowest BCUT2D eigenvalue weighted by molar-refractivity contribution is -0.125. The molecule has 1 saturated heterocycles. The molecule has 20 heavy (non-hydrogen) atoms. The van der Waals surface area contributed by atoms with Crippen LogP contribution in [0.5, 0.6) is 0 Å². The second kappa shape index (κ2) is 6.44. The van der Waals surface area contributed by atoms with Crippen molar-refractivity contribution in [1.29, 1.82) is 0 Å². The van der Waals surface area contributed by atoms with Crippen LogP contribution >= 0.6 is 11.6 Å². The molecule has 1 unspecified atom stereocenters. The summed E-state index contributed by atoms with van der Waals surface area (Å²) in [5.74, 6) is 0.783. The van der Waals surface area contributed by atoms with Gasteiger partial charge >= 0.3 is 0 Å². The van der Waals surface area contributed by atoms with Crippen molar-refractivity contribution in [1.82, 2.24) is 14.7 Å². The molecule has 1 aromatic rings. The van der Waals surface area contributed by atoms with Crippen molar-refractivity contribution in [2.75, 3.05) is 13.1 Å². The van der Waals surface area contributed by atoms with Crippen molar-refractivity contribution >= 4 is 23.6 Å². The predicted molar refractivity (Wildman–Crippen MR) is 81.6 cm³/mol. The van der Waals surface area contributed by atoms with Crippen LogP contribution in [0.1, 0.15) is 37.4 Å². The number of nitrogens with zero attached hydrogens (tertiary/aromatic N) is 3. The van der Waals surface area contributed by atoms with Crippen LogP contribution < -0.4 is 0 Å². The van der Waals surface area contributed by atoms with Gasteiger partial charge in [0.05, 0.1) is 5.69 Å². The summed E-state index contributed by atoms with van der Waals surface area (Å²) in [6.45, 7) is 5.85. The van der Waals surface area contributed by atoms with Gasteiger partial charge in [-0.25, -0.2) is 0 Å². The third kappa shape index (κ3) is 3.42. The van der Waals surface area contributed by atoms with E-state index in [2.05, 4.69) is 12.0 Å². The smallest absolute Gasteiger partial charge is 0.246 e. The standard InChI is InChI=1S/C15H22ClN3O/c1-11-5-4-9-19(10-8-11)14(20)7-6-13-12(2)17-18(3)15(13)16/h6-7,11H,4-5,8-10H2,1-3H3/b7-6+. The van der Waals surface area contributed by atoms with Crippen LogP contribution in [-0.2, 0) is 11.8 Å². The van der Waals surface area contributed by atoms with Gasteiger partial charge < -0.3 is 4.90 Å². The maximum Gasteiger partial charge on any atom is 0.246 e. The van der Waals surface area contributed by atoms with Gasteiger partial charge in [0.2, 0.25) is 5.91 Å². The molecule has 2 rings (SSSR count). The number of aryl methyl sites for hydroxylation is 2. The van der Waals surface area contributed by atoms with Gasteiger partial charge in [-0.1, -0.05) is 18.5 Å². The summed E-state index contributed by atoms with van der Waals surface area (Å²) in [7, 11) is 1.80. The van der Waals surface area contributed by atoms with Crippen LogP contribution in [0.4, 0.5) is 0 Å².